The second-order valence-electron chi connectivity index (χ2n) is 5.06. The predicted molar refractivity (Wildman–Crippen MR) is 70.6 cm³/mol. The smallest absolute Gasteiger partial charge is 0.256 e. The van der Waals surface area contributed by atoms with Gasteiger partial charge >= 0.3 is 0 Å². The molecule has 1 aromatic heterocycles. The summed E-state index contributed by atoms with van der Waals surface area (Å²) >= 11 is 0. The highest BCUT2D eigenvalue weighted by atomic mass is 19.1. The number of likely N-dealkylation sites (N-methyl/N-ethyl adjacent to an activating group) is 1. The van der Waals surface area contributed by atoms with Crippen molar-refractivity contribution >= 4 is 11.7 Å². The number of nitrogens with two attached hydrogens (primary N) is 1. The van der Waals surface area contributed by atoms with Crippen LogP contribution in [0.5, 0.6) is 0 Å². The zero-order valence-electron chi connectivity index (χ0n) is 11.3. The molecule has 110 valence electrons. The van der Waals surface area contributed by atoms with Crippen molar-refractivity contribution in [3.63, 3.8) is 0 Å². The number of aromatic nitrogens is 1. The maximum absolute atomic E-state index is 13.8. The second kappa shape index (κ2) is 5.72. The fourth-order valence-electron chi connectivity index (χ4n) is 2.25. The third-order valence-corrected chi connectivity index (χ3v) is 3.45. The molecule has 0 bridgehead atoms. The van der Waals surface area contributed by atoms with Gasteiger partial charge in [-0.05, 0) is 6.07 Å². The molecule has 0 unspecified atom stereocenters. The fraction of sp³-hybridized carbons (Fsp3) is 0.538. The summed E-state index contributed by atoms with van der Waals surface area (Å²) in [6.07, 6.45) is 2.18. The van der Waals surface area contributed by atoms with Crippen LogP contribution in [0.1, 0.15) is 23.2 Å². The topological polar surface area (TPSA) is 88.7 Å². The molecule has 1 fully saturated rings. The van der Waals surface area contributed by atoms with E-state index in [2.05, 4.69) is 4.98 Å². The van der Waals surface area contributed by atoms with Gasteiger partial charge in [0.1, 0.15) is 0 Å². The number of rotatable bonds is 3. The van der Waals surface area contributed by atoms with E-state index in [9.17, 15) is 14.3 Å². The van der Waals surface area contributed by atoms with Crippen LogP contribution in [0.25, 0.3) is 0 Å². The zero-order chi connectivity index (χ0) is 14.8. The SMILES string of the molecule is CN(CC1(O)CCOCC1)C(=O)c1ccnc(N)c1F. The maximum atomic E-state index is 13.8. The van der Waals surface area contributed by atoms with E-state index in [0.29, 0.717) is 26.1 Å². The minimum absolute atomic E-state index is 0.122. The second-order valence-corrected chi connectivity index (χ2v) is 5.06. The number of ether oxygens (including phenoxy) is 1. The number of aliphatic hydroxyl groups is 1. The fourth-order valence-corrected chi connectivity index (χ4v) is 2.25. The number of pyridine rings is 1. The highest BCUT2D eigenvalue weighted by molar-refractivity contribution is 5.95. The molecular weight excluding hydrogens is 265 g/mol. The Kier molecular flexibility index (Phi) is 4.20. The van der Waals surface area contributed by atoms with Gasteiger partial charge in [-0.3, -0.25) is 4.79 Å². The van der Waals surface area contributed by atoms with Crippen molar-refractivity contribution in [3.05, 3.63) is 23.6 Å². The minimum atomic E-state index is -0.988. The Balaban J connectivity index is 2.10. The van der Waals surface area contributed by atoms with Crippen LogP contribution < -0.4 is 5.73 Å². The van der Waals surface area contributed by atoms with Crippen LogP contribution in [0, 0.1) is 5.82 Å². The monoisotopic (exact) mass is 283 g/mol. The van der Waals surface area contributed by atoms with Crippen LogP contribution in [0.3, 0.4) is 0 Å². The number of carbonyl (C=O) groups is 1. The van der Waals surface area contributed by atoms with E-state index >= 15 is 0 Å². The van der Waals surface area contributed by atoms with E-state index in [0.717, 1.165) is 0 Å². The number of nitrogens with zero attached hydrogens (tertiary/aromatic N) is 2. The molecule has 0 spiro atoms. The molecule has 6 nitrogen and oxygen atoms in total. The number of amides is 1. The standard InChI is InChI=1S/C13H18FN3O3/c1-17(8-13(19)3-6-20-7-4-13)12(18)9-2-5-16-11(15)10(9)14/h2,5,19H,3-4,6-8H2,1H3,(H2,15,16). The predicted octanol–water partition coefficient (Wildman–Crippen LogP) is 0.416. The van der Waals surface area contributed by atoms with Crippen LogP contribution in [0.15, 0.2) is 12.3 Å². The average Bonchev–Trinajstić information content (AvgIpc) is 2.41. The zero-order valence-corrected chi connectivity index (χ0v) is 11.3. The average molecular weight is 283 g/mol. The van der Waals surface area contributed by atoms with Crippen molar-refractivity contribution in [3.8, 4) is 0 Å². The molecule has 2 heterocycles. The molecule has 0 saturated carbocycles. The van der Waals surface area contributed by atoms with Gasteiger partial charge in [-0.2, -0.15) is 0 Å². The van der Waals surface area contributed by atoms with Crippen molar-refractivity contribution in [2.24, 2.45) is 0 Å². The largest absolute Gasteiger partial charge is 0.388 e. The van der Waals surface area contributed by atoms with E-state index in [4.69, 9.17) is 10.5 Å². The van der Waals surface area contributed by atoms with Crippen LogP contribution in [-0.4, -0.2) is 53.3 Å². The molecule has 1 amide bonds. The molecular formula is C13H18FN3O3. The van der Waals surface area contributed by atoms with Crippen LogP contribution >= 0.6 is 0 Å². The molecule has 1 aromatic rings. The molecule has 7 heteroatoms. The lowest BCUT2D eigenvalue weighted by Gasteiger charge is -2.35. The molecule has 2 rings (SSSR count). The van der Waals surface area contributed by atoms with Gasteiger partial charge < -0.3 is 20.5 Å². The van der Waals surface area contributed by atoms with Crippen LogP contribution in [-0.2, 0) is 4.74 Å². The summed E-state index contributed by atoms with van der Waals surface area (Å²) in [4.78, 5) is 17.1. The molecule has 1 aliphatic heterocycles. The summed E-state index contributed by atoms with van der Waals surface area (Å²) < 4.78 is 18.9. The third-order valence-electron chi connectivity index (χ3n) is 3.45. The van der Waals surface area contributed by atoms with Gasteiger partial charge in [0.2, 0.25) is 0 Å². The number of hydrogen-bond acceptors (Lipinski definition) is 5. The Morgan fingerprint density at radius 3 is 2.90 bits per heavy atom. The van der Waals surface area contributed by atoms with Gasteiger partial charge in [0.05, 0.1) is 11.2 Å². The first kappa shape index (κ1) is 14.7. The van der Waals surface area contributed by atoms with Crippen LogP contribution in [0.4, 0.5) is 10.2 Å². The van der Waals surface area contributed by atoms with Gasteiger partial charge in [-0.1, -0.05) is 0 Å². The van der Waals surface area contributed by atoms with Crippen molar-refractivity contribution < 1.29 is 19.0 Å². The first-order chi connectivity index (χ1) is 9.43. The summed E-state index contributed by atoms with van der Waals surface area (Å²) in [6, 6.07) is 1.28. The van der Waals surface area contributed by atoms with Gasteiger partial charge in [-0.15, -0.1) is 0 Å². The summed E-state index contributed by atoms with van der Waals surface area (Å²) in [6.45, 7) is 1.03. The summed E-state index contributed by atoms with van der Waals surface area (Å²) in [5.74, 6) is -1.67. The molecule has 20 heavy (non-hydrogen) atoms. The Hall–Kier alpha value is -1.73. The van der Waals surface area contributed by atoms with Gasteiger partial charge in [0.15, 0.2) is 11.6 Å². The van der Waals surface area contributed by atoms with Crippen molar-refractivity contribution in [2.45, 2.75) is 18.4 Å². The summed E-state index contributed by atoms with van der Waals surface area (Å²) in [7, 11) is 1.52. The number of carbonyl (C=O) groups excluding carboxylic acids is 1. The lowest BCUT2D eigenvalue weighted by molar-refractivity contribution is -0.0734. The van der Waals surface area contributed by atoms with Crippen molar-refractivity contribution in [1.29, 1.82) is 0 Å². The molecule has 0 aliphatic carbocycles. The Bertz CT molecular complexity index is 504. The van der Waals surface area contributed by atoms with Gasteiger partial charge in [0, 0.05) is 45.8 Å². The Morgan fingerprint density at radius 2 is 2.25 bits per heavy atom. The number of nitrogen functional groups attached to an aromatic ring is 1. The summed E-state index contributed by atoms with van der Waals surface area (Å²) in [5.41, 5.74) is 4.21. The van der Waals surface area contributed by atoms with Gasteiger partial charge in [-0.25, -0.2) is 9.37 Å². The van der Waals surface area contributed by atoms with E-state index in [1.165, 1.54) is 24.2 Å². The lowest BCUT2D eigenvalue weighted by Crippen LogP contribution is -2.47. The lowest BCUT2D eigenvalue weighted by atomic mass is 9.94. The normalized spacial score (nSPS) is 17.8. The molecule has 3 N–H and O–H groups in total. The third kappa shape index (κ3) is 3.05. The highest BCUT2D eigenvalue weighted by Crippen LogP contribution is 2.22. The summed E-state index contributed by atoms with van der Waals surface area (Å²) in [5, 5.41) is 10.4. The number of halogens is 1. The molecule has 1 saturated heterocycles. The molecule has 1 aliphatic rings. The maximum Gasteiger partial charge on any atom is 0.256 e. The molecule has 0 aromatic carbocycles. The first-order valence-corrected chi connectivity index (χ1v) is 6.38. The number of hydrogen-bond donors (Lipinski definition) is 2. The molecule has 0 radical (unpaired) electrons. The highest BCUT2D eigenvalue weighted by Gasteiger charge is 2.33. The van der Waals surface area contributed by atoms with E-state index in [1.807, 2.05) is 0 Å². The molecule has 0 atom stereocenters. The van der Waals surface area contributed by atoms with Crippen molar-refractivity contribution in [1.82, 2.24) is 9.88 Å². The first-order valence-electron chi connectivity index (χ1n) is 6.38. The van der Waals surface area contributed by atoms with Gasteiger partial charge in [0.25, 0.3) is 5.91 Å². The minimum Gasteiger partial charge on any atom is -0.388 e. The quantitative estimate of drug-likeness (QED) is 0.839. The van der Waals surface area contributed by atoms with E-state index in [-0.39, 0.29) is 17.9 Å². The van der Waals surface area contributed by atoms with E-state index < -0.39 is 17.3 Å². The Morgan fingerprint density at radius 1 is 1.60 bits per heavy atom. The van der Waals surface area contributed by atoms with Crippen LogP contribution in [0.2, 0.25) is 0 Å². The van der Waals surface area contributed by atoms with Crippen molar-refractivity contribution in [2.75, 3.05) is 32.5 Å². The number of anilines is 1. The van der Waals surface area contributed by atoms with E-state index in [1.54, 1.807) is 0 Å². The Labute approximate surface area is 116 Å².